The first kappa shape index (κ1) is 75.7. The molecule has 3 aromatic heterocycles. The van der Waals surface area contributed by atoms with Crippen LogP contribution in [0.2, 0.25) is 0 Å². The van der Waals surface area contributed by atoms with E-state index in [9.17, 15) is 43.2 Å². The van der Waals surface area contributed by atoms with Gasteiger partial charge in [0.25, 0.3) is 0 Å². The predicted molar refractivity (Wildman–Crippen MR) is 353 cm³/mol. The molecule has 0 unspecified atom stereocenters. The molecule has 4 aromatic rings. The first-order valence-corrected chi connectivity index (χ1v) is 33.7. The van der Waals surface area contributed by atoms with Crippen molar-refractivity contribution in [2.75, 3.05) is 85.5 Å². The molecule has 27 heteroatoms. The number of unbranched alkanes of at least 4 members (excludes halogenated alkanes) is 13. The number of ether oxygens (including phenoxy) is 6. The molecule has 6 amide bonds. The number of piperidine rings is 1. The number of carbonyl (C=O) groups excluding carboxylic acids is 9. The topological polar surface area (TPSA) is 329 Å². The Morgan fingerprint density at radius 2 is 1.22 bits per heavy atom. The van der Waals surface area contributed by atoms with Gasteiger partial charge >= 0.3 is 11.9 Å². The smallest absolute Gasteiger partial charge is 0.328 e. The number of amides is 6. The maximum atomic E-state index is 14.2. The van der Waals surface area contributed by atoms with Crippen LogP contribution in [-0.4, -0.2) is 181 Å². The van der Waals surface area contributed by atoms with Gasteiger partial charge in [-0.2, -0.15) is 5.10 Å². The number of pyridine rings is 1. The van der Waals surface area contributed by atoms with Gasteiger partial charge in [0.1, 0.15) is 53.8 Å². The van der Waals surface area contributed by atoms with Crippen molar-refractivity contribution in [3.63, 3.8) is 0 Å². The molecule has 1 saturated carbocycles. The molecule has 4 heterocycles. The average Bonchev–Trinajstić information content (AvgIpc) is 1.55. The number of hydrogen-bond acceptors (Lipinski definition) is 19. The SMILES string of the molecule is COC(=O)CCCCCCCCCCCCCCCCC(=O)N[C@@H](CCC(=O)NCCOCCOCC(=O)NCCOCCOCC(=O)NCc1ncc(-c2cc(C)c3c(c2)c(C(C)=O)nn3CC(=O)N2[C@H](C(=O)Nc3nc(Br)ccc3C)C[C@@]3(C)C[C@@H]23)cn1)C(=O)OC. The summed E-state index contributed by atoms with van der Waals surface area (Å²) in [5.74, 6) is -2.07. The van der Waals surface area contributed by atoms with Crippen molar-refractivity contribution >= 4 is 85.8 Å². The fourth-order valence-corrected chi connectivity index (χ4v) is 11.7. The van der Waals surface area contributed by atoms with Gasteiger partial charge in [-0.25, -0.2) is 19.7 Å². The van der Waals surface area contributed by atoms with Gasteiger partial charge in [0, 0.05) is 68.7 Å². The quantitative estimate of drug-likeness (QED) is 0.0126. The zero-order valence-electron chi connectivity index (χ0n) is 55.5. The van der Waals surface area contributed by atoms with Crippen LogP contribution in [0.15, 0.2) is 41.3 Å². The molecule has 94 heavy (non-hydrogen) atoms. The third-order valence-corrected chi connectivity index (χ3v) is 17.2. The first-order chi connectivity index (χ1) is 45.3. The highest BCUT2D eigenvalue weighted by atomic mass is 79.9. The third-order valence-electron chi connectivity index (χ3n) is 16.8. The van der Waals surface area contributed by atoms with Crippen LogP contribution in [0.4, 0.5) is 5.82 Å². The Kier molecular flexibility index (Phi) is 32.3. The van der Waals surface area contributed by atoms with Gasteiger partial charge in [0.2, 0.25) is 35.4 Å². The monoisotopic (exact) mass is 1370 g/mol. The number of anilines is 1. The summed E-state index contributed by atoms with van der Waals surface area (Å²) in [6, 6.07) is 5.68. The highest BCUT2D eigenvalue weighted by molar-refractivity contribution is 9.10. The highest BCUT2D eigenvalue weighted by Gasteiger charge is 2.64. The van der Waals surface area contributed by atoms with Gasteiger partial charge in [-0.15, -0.1) is 0 Å². The van der Waals surface area contributed by atoms with E-state index in [-0.39, 0.29) is 156 Å². The number of nitrogens with one attached hydrogen (secondary N) is 5. The van der Waals surface area contributed by atoms with Crippen molar-refractivity contribution in [3.8, 4) is 11.1 Å². The lowest BCUT2D eigenvalue weighted by atomic mass is 10.0. The average molecular weight is 1380 g/mol. The standard InChI is InChI=1S/C67H96BrN11O15/c1-45-23-25-54(68)75-64(45)76-65(87)52-37-67(4)38-53(67)79(52)60(85)42-78-63-46(2)35-48(36-50(63)62(77-78)47(3)80)49-39-71-55(72-40-49)41-73-59(84)44-94-34-32-92-30-28-70-58(83)43-93-33-31-91-29-27-69-56(81)26-24-51(66(88)90-6)74-57(82)21-19-17-15-13-11-9-7-8-10-12-14-16-18-20-22-61(86)89-5/h23,25,35-36,39-40,51-53H,7-22,24,26-34,37-38,41-44H2,1-6H3,(H,69,81)(H,70,83)(H,73,84)(H,74,82)(H,75,76,87)/t51-,52-,53+,67-/m0/s1. The Labute approximate surface area is 559 Å². The number of halogens is 1. The van der Waals surface area contributed by atoms with Crippen LogP contribution < -0.4 is 26.6 Å². The molecule has 1 aliphatic carbocycles. The van der Waals surface area contributed by atoms with Gasteiger partial charge < -0.3 is 59.9 Å². The molecular weight excluding hydrogens is 1280 g/mol. The molecule has 6 rings (SSSR count). The third kappa shape index (κ3) is 25.4. The molecule has 1 saturated heterocycles. The Hall–Kier alpha value is -7.33. The molecule has 26 nitrogen and oxygen atoms in total. The van der Waals surface area contributed by atoms with E-state index in [0.717, 1.165) is 61.6 Å². The Morgan fingerprint density at radius 1 is 0.649 bits per heavy atom. The molecule has 1 aromatic carbocycles. The summed E-state index contributed by atoms with van der Waals surface area (Å²) in [7, 11) is 2.67. The normalized spacial score (nSPS) is 15.8. The number of aromatic nitrogens is 5. The van der Waals surface area contributed by atoms with Crippen LogP contribution in [0.3, 0.4) is 0 Å². The lowest BCUT2D eigenvalue weighted by Gasteiger charge is -2.27. The molecule has 4 atom stereocenters. The molecule has 516 valence electrons. The maximum Gasteiger partial charge on any atom is 0.328 e. The second kappa shape index (κ2) is 40.2. The summed E-state index contributed by atoms with van der Waals surface area (Å²) < 4.78 is 33.4. The minimum Gasteiger partial charge on any atom is -0.469 e. The van der Waals surface area contributed by atoms with Crippen LogP contribution in [0.5, 0.6) is 0 Å². The number of benzene rings is 1. The summed E-state index contributed by atoms with van der Waals surface area (Å²) in [6.07, 6.45) is 21.1. The first-order valence-electron chi connectivity index (χ1n) is 32.9. The van der Waals surface area contributed by atoms with E-state index in [1.165, 1.54) is 72.5 Å². The van der Waals surface area contributed by atoms with E-state index < -0.39 is 18.1 Å². The van der Waals surface area contributed by atoms with E-state index in [0.29, 0.717) is 52.0 Å². The zero-order chi connectivity index (χ0) is 67.8. The minimum absolute atomic E-state index is 0.00460. The number of esters is 2. The maximum absolute atomic E-state index is 14.2. The summed E-state index contributed by atoms with van der Waals surface area (Å²) in [4.78, 5) is 129. The van der Waals surface area contributed by atoms with Crippen molar-refractivity contribution in [3.05, 3.63) is 63.9 Å². The van der Waals surface area contributed by atoms with Crippen molar-refractivity contribution in [2.45, 2.75) is 187 Å². The van der Waals surface area contributed by atoms with Crippen LogP contribution in [0.25, 0.3) is 22.0 Å². The zero-order valence-corrected chi connectivity index (χ0v) is 57.1. The van der Waals surface area contributed by atoms with E-state index in [4.69, 9.17) is 23.7 Å². The molecule has 0 radical (unpaired) electrons. The Morgan fingerprint density at radius 3 is 1.82 bits per heavy atom. The fourth-order valence-electron chi connectivity index (χ4n) is 11.4. The van der Waals surface area contributed by atoms with Crippen molar-refractivity contribution < 1.29 is 71.6 Å². The van der Waals surface area contributed by atoms with E-state index in [2.05, 4.69) is 74.2 Å². The Bertz CT molecular complexity index is 3170. The van der Waals surface area contributed by atoms with Gasteiger partial charge in [-0.1, -0.05) is 90.0 Å². The van der Waals surface area contributed by atoms with Crippen molar-refractivity contribution in [1.82, 2.24) is 50.9 Å². The molecule has 0 bridgehead atoms. The lowest BCUT2D eigenvalue weighted by Crippen LogP contribution is -2.47. The van der Waals surface area contributed by atoms with E-state index in [1.54, 1.807) is 28.0 Å². The lowest BCUT2D eigenvalue weighted by molar-refractivity contribution is -0.145. The number of rotatable bonds is 46. The number of methoxy groups -OCH3 is 2. The number of carbonyl (C=O) groups is 9. The molecule has 2 fully saturated rings. The largest absolute Gasteiger partial charge is 0.469 e. The number of ketones is 1. The predicted octanol–water partition coefficient (Wildman–Crippen LogP) is 7.26. The van der Waals surface area contributed by atoms with Crippen LogP contribution >= 0.6 is 15.9 Å². The van der Waals surface area contributed by atoms with E-state index >= 15 is 0 Å². The highest BCUT2D eigenvalue weighted by Crippen LogP contribution is 2.59. The van der Waals surface area contributed by atoms with E-state index in [1.807, 2.05) is 32.0 Å². The number of Topliss-reactive ketones (excluding diaryl/α,β-unsaturated/α-hetero) is 1. The second-order valence-corrected chi connectivity index (χ2v) is 25.2. The van der Waals surface area contributed by atoms with Crippen molar-refractivity contribution in [1.29, 1.82) is 0 Å². The number of aryl methyl sites for hydroxylation is 2. The number of hydrogen-bond donors (Lipinski definition) is 5. The van der Waals surface area contributed by atoms with Gasteiger partial charge in [0.05, 0.1) is 65.9 Å². The molecule has 5 N–H and O–H groups in total. The summed E-state index contributed by atoms with van der Waals surface area (Å²) in [5, 5.41) is 19.0. The molecule has 0 spiro atoms. The number of nitrogens with zero attached hydrogens (tertiary/aromatic N) is 6. The second-order valence-electron chi connectivity index (χ2n) is 24.3. The van der Waals surface area contributed by atoms with Crippen LogP contribution in [0, 0.1) is 19.3 Å². The van der Waals surface area contributed by atoms with Gasteiger partial charge in [-0.3, -0.25) is 43.0 Å². The molecule has 2 aliphatic rings. The Balaban J connectivity index is 0.746. The number of fused-ring (bicyclic) bond motifs is 2. The molecule has 1 aliphatic heterocycles. The van der Waals surface area contributed by atoms with Crippen LogP contribution in [0.1, 0.15) is 170 Å². The molecular formula is C67H96BrN11O15. The van der Waals surface area contributed by atoms with Gasteiger partial charge in [-0.05, 0) is 102 Å². The fraction of sp³-hybridized carbons (Fsp3) is 0.627. The summed E-state index contributed by atoms with van der Waals surface area (Å²) in [6.45, 7) is 8.24. The summed E-state index contributed by atoms with van der Waals surface area (Å²) >= 11 is 3.37. The summed E-state index contributed by atoms with van der Waals surface area (Å²) in [5.41, 5.74) is 3.61. The van der Waals surface area contributed by atoms with Gasteiger partial charge in [0.15, 0.2) is 5.78 Å². The van der Waals surface area contributed by atoms with Crippen molar-refractivity contribution in [2.24, 2.45) is 5.41 Å². The minimum atomic E-state index is -0.923. The number of likely N-dealkylation sites (tertiary alicyclic amines) is 1. The van der Waals surface area contributed by atoms with Crippen LogP contribution in [-0.2, 0) is 79.9 Å².